The van der Waals surface area contributed by atoms with Crippen molar-refractivity contribution in [3.63, 3.8) is 0 Å². The van der Waals surface area contributed by atoms with Crippen molar-refractivity contribution >= 4 is 23.1 Å². The Morgan fingerprint density at radius 3 is 2.39 bits per heavy atom. The number of carbonyl (C=O) groups is 1. The van der Waals surface area contributed by atoms with Crippen molar-refractivity contribution in [1.82, 2.24) is 5.32 Å². The maximum atomic E-state index is 12.3. The van der Waals surface area contributed by atoms with Gasteiger partial charge in [0.05, 0.1) is 10.4 Å². The first-order valence-electron chi connectivity index (χ1n) is 7.23. The number of hydrogen-bond acceptors (Lipinski definition) is 2. The fourth-order valence-corrected chi connectivity index (χ4v) is 3.72. The molecule has 18 heavy (non-hydrogen) atoms. The maximum Gasteiger partial charge on any atom is 0.233 e. The van der Waals surface area contributed by atoms with Gasteiger partial charge in [-0.15, -0.1) is 0 Å². The van der Waals surface area contributed by atoms with Crippen LogP contribution in [0.4, 0.5) is 0 Å². The standard InChI is InChI=1S/C14H24N2OS/c15-12(18)14(8-3-4-9-14)13(17)16-10-7-11-5-1-2-6-11/h11H,1-10H2,(H2,15,18)(H,16,17). The molecule has 2 fully saturated rings. The molecule has 0 aromatic heterocycles. The second kappa shape index (κ2) is 6.00. The van der Waals surface area contributed by atoms with Gasteiger partial charge in [0, 0.05) is 6.54 Å². The Labute approximate surface area is 115 Å². The molecule has 3 nitrogen and oxygen atoms in total. The van der Waals surface area contributed by atoms with Crippen LogP contribution in [0.25, 0.3) is 0 Å². The van der Waals surface area contributed by atoms with E-state index in [0.29, 0.717) is 4.99 Å². The van der Waals surface area contributed by atoms with Crippen molar-refractivity contribution in [2.45, 2.75) is 57.8 Å². The van der Waals surface area contributed by atoms with Crippen LogP contribution in [0, 0.1) is 11.3 Å². The van der Waals surface area contributed by atoms with Gasteiger partial charge in [-0.3, -0.25) is 4.79 Å². The predicted octanol–water partition coefficient (Wildman–Crippen LogP) is 2.53. The third kappa shape index (κ3) is 2.85. The van der Waals surface area contributed by atoms with E-state index in [1.165, 1.54) is 25.7 Å². The van der Waals surface area contributed by atoms with Crippen LogP contribution in [0.2, 0.25) is 0 Å². The Bertz CT molecular complexity index is 318. The van der Waals surface area contributed by atoms with E-state index >= 15 is 0 Å². The zero-order chi connectivity index (χ0) is 13.0. The highest BCUT2D eigenvalue weighted by Gasteiger charge is 2.43. The van der Waals surface area contributed by atoms with Crippen LogP contribution in [0.3, 0.4) is 0 Å². The molecule has 0 atom stereocenters. The van der Waals surface area contributed by atoms with Crippen LogP contribution in [0.5, 0.6) is 0 Å². The average molecular weight is 268 g/mol. The summed E-state index contributed by atoms with van der Waals surface area (Å²) in [6.45, 7) is 0.786. The lowest BCUT2D eigenvalue weighted by Crippen LogP contribution is -2.47. The van der Waals surface area contributed by atoms with Gasteiger partial charge in [-0.05, 0) is 25.2 Å². The van der Waals surface area contributed by atoms with E-state index in [-0.39, 0.29) is 5.91 Å². The number of thiocarbonyl (C=S) groups is 1. The Morgan fingerprint density at radius 2 is 1.83 bits per heavy atom. The number of nitrogens with two attached hydrogens (primary N) is 1. The fourth-order valence-electron chi connectivity index (χ4n) is 3.42. The summed E-state index contributed by atoms with van der Waals surface area (Å²) in [4.78, 5) is 12.7. The van der Waals surface area contributed by atoms with Gasteiger partial charge < -0.3 is 11.1 Å². The largest absolute Gasteiger partial charge is 0.392 e. The minimum Gasteiger partial charge on any atom is -0.392 e. The first kappa shape index (κ1) is 13.8. The minimum absolute atomic E-state index is 0.0745. The molecule has 0 aliphatic heterocycles. The molecular formula is C14H24N2OS. The Kier molecular flexibility index (Phi) is 4.60. The molecule has 0 radical (unpaired) electrons. The van der Waals surface area contributed by atoms with Gasteiger partial charge >= 0.3 is 0 Å². The molecule has 4 heteroatoms. The maximum absolute atomic E-state index is 12.3. The summed E-state index contributed by atoms with van der Waals surface area (Å²) < 4.78 is 0. The molecule has 1 amide bonds. The monoisotopic (exact) mass is 268 g/mol. The van der Waals surface area contributed by atoms with E-state index in [0.717, 1.165) is 44.6 Å². The van der Waals surface area contributed by atoms with Gasteiger partial charge in [0.25, 0.3) is 0 Å². The highest BCUT2D eigenvalue weighted by Crippen LogP contribution is 2.38. The molecular weight excluding hydrogens is 244 g/mol. The van der Waals surface area contributed by atoms with Gasteiger partial charge in [-0.2, -0.15) is 0 Å². The number of nitrogens with one attached hydrogen (secondary N) is 1. The Morgan fingerprint density at radius 1 is 1.22 bits per heavy atom. The average Bonchev–Trinajstić information content (AvgIpc) is 3.00. The summed E-state index contributed by atoms with van der Waals surface area (Å²) >= 11 is 5.12. The summed E-state index contributed by atoms with van der Waals surface area (Å²) in [5, 5.41) is 3.07. The van der Waals surface area contributed by atoms with Gasteiger partial charge in [0.2, 0.25) is 5.91 Å². The van der Waals surface area contributed by atoms with Crippen molar-refractivity contribution in [1.29, 1.82) is 0 Å². The number of rotatable bonds is 5. The first-order valence-corrected chi connectivity index (χ1v) is 7.64. The Balaban J connectivity index is 1.80. The third-order valence-electron chi connectivity index (χ3n) is 4.68. The number of amides is 1. The van der Waals surface area contributed by atoms with E-state index in [2.05, 4.69) is 5.32 Å². The topological polar surface area (TPSA) is 55.1 Å². The molecule has 2 aliphatic carbocycles. The second-order valence-corrected chi connectivity index (χ2v) is 6.29. The molecule has 3 N–H and O–H groups in total. The molecule has 0 unspecified atom stereocenters. The minimum atomic E-state index is -0.537. The molecule has 2 aliphatic rings. The van der Waals surface area contributed by atoms with Crippen LogP contribution in [-0.4, -0.2) is 17.4 Å². The summed E-state index contributed by atoms with van der Waals surface area (Å²) in [5.41, 5.74) is 5.26. The van der Waals surface area contributed by atoms with Gasteiger partial charge in [0.15, 0.2) is 0 Å². The van der Waals surface area contributed by atoms with Crippen LogP contribution >= 0.6 is 12.2 Å². The molecule has 0 spiro atoms. The quantitative estimate of drug-likeness (QED) is 0.753. The molecule has 0 saturated heterocycles. The summed E-state index contributed by atoms with van der Waals surface area (Å²) in [6, 6.07) is 0. The highest BCUT2D eigenvalue weighted by atomic mass is 32.1. The number of carbonyl (C=O) groups excluding carboxylic acids is 1. The van der Waals surface area contributed by atoms with Crippen LogP contribution in [-0.2, 0) is 4.79 Å². The van der Waals surface area contributed by atoms with Gasteiger partial charge in [0.1, 0.15) is 0 Å². The summed E-state index contributed by atoms with van der Waals surface area (Å²) in [7, 11) is 0. The zero-order valence-corrected chi connectivity index (χ0v) is 11.9. The lowest BCUT2D eigenvalue weighted by molar-refractivity contribution is -0.127. The molecule has 0 bridgehead atoms. The van der Waals surface area contributed by atoms with Gasteiger partial charge in [-0.25, -0.2) is 0 Å². The van der Waals surface area contributed by atoms with E-state index < -0.39 is 5.41 Å². The van der Waals surface area contributed by atoms with Crippen molar-refractivity contribution in [3.8, 4) is 0 Å². The lowest BCUT2D eigenvalue weighted by Gasteiger charge is -2.26. The fraction of sp³-hybridized carbons (Fsp3) is 0.857. The molecule has 2 saturated carbocycles. The Hall–Kier alpha value is -0.640. The first-order chi connectivity index (χ1) is 8.65. The summed E-state index contributed by atoms with van der Waals surface area (Å²) in [5.74, 6) is 0.889. The molecule has 0 aromatic carbocycles. The van der Waals surface area contributed by atoms with E-state index in [1.54, 1.807) is 0 Å². The van der Waals surface area contributed by atoms with E-state index in [9.17, 15) is 4.79 Å². The predicted molar refractivity (Wildman–Crippen MR) is 77.3 cm³/mol. The van der Waals surface area contributed by atoms with Crippen molar-refractivity contribution < 1.29 is 4.79 Å². The van der Waals surface area contributed by atoms with E-state index in [1.807, 2.05) is 0 Å². The smallest absolute Gasteiger partial charge is 0.233 e. The van der Waals surface area contributed by atoms with Crippen molar-refractivity contribution in [3.05, 3.63) is 0 Å². The second-order valence-electron chi connectivity index (χ2n) is 5.85. The molecule has 0 heterocycles. The summed E-state index contributed by atoms with van der Waals surface area (Å²) in [6.07, 6.45) is 10.3. The molecule has 102 valence electrons. The van der Waals surface area contributed by atoms with E-state index in [4.69, 9.17) is 18.0 Å². The van der Waals surface area contributed by atoms with Crippen molar-refractivity contribution in [2.24, 2.45) is 17.1 Å². The van der Waals surface area contributed by atoms with Crippen LogP contribution in [0.15, 0.2) is 0 Å². The zero-order valence-electron chi connectivity index (χ0n) is 11.0. The van der Waals surface area contributed by atoms with Gasteiger partial charge in [-0.1, -0.05) is 50.7 Å². The molecule has 0 aromatic rings. The van der Waals surface area contributed by atoms with Crippen molar-refractivity contribution in [2.75, 3.05) is 6.54 Å². The SMILES string of the molecule is NC(=S)C1(C(=O)NCCC2CCCC2)CCCC1. The lowest BCUT2D eigenvalue weighted by atomic mass is 9.85. The van der Waals surface area contributed by atoms with Crippen LogP contribution in [0.1, 0.15) is 57.8 Å². The number of hydrogen-bond donors (Lipinski definition) is 2. The third-order valence-corrected chi connectivity index (χ3v) is 5.07. The highest BCUT2D eigenvalue weighted by molar-refractivity contribution is 7.80. The molecule has 2 rings (SSSR count). The van der Waals surface area contributed by atoms with Crippen LogP contribution < -0.4 is 11.1 Å². The normalized spacial score (nSPS) is 23.1.